The summed E-state index contributed by atoms with van der Waals surface area (Å²) in [4.78, 5) is 15.5. The summed E-state index contributed by atoms with van der Waals surface area (Å²) in [7, 11) is 5.47. The molecule has 0 spiro atoms. The van der Waals surface area contributed by atoms with Gasteiger partial charge in [-0.2, -0.15) is 0 Å². The third-order valence-corrected chi connectivity index (χ3v) is 2.56. The van der Waals surface area contributed by atoms with Crippen molar-refractivity contribution in [2.45, 2.75) is 26.9 Å². The fraction of sp³-hybridized carbons (Fsp3) is 0.727. The van der Waals surface area contributed by atoms with Gasteiger partial charge in [0, 0.05) is 27.2 Å². The maximum Gasteiger partial charge on any atom is 0.275 e. The van der Waals surface area contributed by atoms with Crippen LogP contribution in [0.25, 0.3) is 0 Å². The predicted octanol–water partition coefficient (Wildman–Crippen LogP) is 0.452. The average Bonchev–Trinajstić information content (AvgIpc) is 2.73. The molecule has 1 aliphatic heterocycles. The molecule has 0 radical (unpaired) electrons. The zero-order chi connectivity index (χ0) is 13.0. The first kappa shape index (κ1) is 13.6. The van der Waals surface area contributed by atoms with Crippen LogP contribution in [0.5, 0.6) is 0 Å². The molecule has 1 aliphatic rings. The van der Waals surface area contributed by atoms with Crippen molar-refractivity contribution < 1.29 is 4.79 Å². The molecule has 0 aromatic carbocycles. The van der Waals surface area contributed by atoms with E-state index in [1.54, 1.807) is 14.1 Å². The molecule has 0 fully saturated rings. The van der Waals surface area contributed by atoms with Crippen LogP contribution in [0.15, 0.2) is 0 Å². The van der Waals surface area contributed by atoms with E-state index in [4.69, 9.17) is 0 Å². The summed E-state index contributed by atoms with van der Waals surface area (Å²) in [6.07, 6.45) is 0. The zero-order valence-electron chi connectivity index (χ0n) is 11.3. The topological polar surface area (TPSA) is 54.3 Å². The summed E-state index contributed by atoms with van der Waals surface area (Å²) in [6, 6.07) is 0. The summed E-state index contributed by atoms with van der Waals surface area (Å²) in [5, 5.41) is 7.94. The van der Waals surface area contributed by atoms with Crippen LogP contribution in [0, 0.1) is 0 Å². The van der Waals surface area contributed by atoms with Crippen molar-refractivity contribution in [2.24, 2.45) is 0 Å². The van der Waals surface area contributed by atoms with Crippen molar-refractivity contribution in [1.82, 2.24) is 24.8 Å². The second-order valence-electron chi connectivity index (χ2n) is 4.05. The minimum Gasteiger partial charge on any atom is -0.343 e. The lowest BCUT2D eigenvalue weighted by Crippen LogP contribution is -2.32. The van der Waals surface area contributed by atoms with Gasteiger partial charge in [0.25, 0.3) is 5.91 Å². The highest BCUT2D eigenvalue weighted by molar-refractivity contribution is 5.92. The van der Waals surface area contributed by atoms with Gasteiger partial charge in [-0.15, -0.1) is 5.10 Å². The normalized spacial score (nSPS) is 14.6. The Kier molecular flexibility index (Phi) is 4.62. The lowest BCUT2D eigenvalue weighted by molar-refractivity contribution is 0.0819. The van der Waals surface area contributed by atoms with E-state index in [2.05, 4.69) is 15.2 Å². The molecule has 0 saturated carbocycles. The fourth-order valence-corrected chi connectivity index (χ4v) is 1.65. The van der Waals surface area contributed by atoms with Crippen LogP contribution in [-0.2, 0) is 13.1 Å². The van der Waals surface area contributed by atoms with Gasteiger partial charge in [-0.1, -0.05) is 19.1 Å². The van der Waals surface area contributed by atoms with E-state index in [1.807, 2.05) is 25.6 Å². The van der Waals surface area contributed by atoms with Gasteiger partial charge in [-0.05, 0) is 7.05 Å². The summed E-state index contributed by atoms with van der Waals surface area (Å²) >= 11 is 0. The molecule has 0 unspecified atom stereocenters. The zero-order valence-corrected chi connectivity index (χ0v) is 11.3. The summed E-state index contributed by atoms with van der Waals surface area (Å²) in [5.74, 6) is -0.0773. The largest absolute Gasteiger partial charge is 0.343 e. The second kappa shape index (κ2) is 5.77. The molecule has 1 amide bonds. The van der Waals surface area contributed by atoms with Gasteiger partial charge in [0.2, 0.25) is 0 Å². The highest BCUT2D eigenvalue weighted by atomic mass is 16.2. The standard InChI is InChI=1S/C9H15N5O.C2H6/c1-12(2)9(15)8-7-6-13(3)4-5-14(7)11-10-8;1-2/h4-6H2,1-3H3;1-2H3. The number of hydrogen-bond donors (Lipinski definition) is 0. The van der Waals surface area contributed by atoms with Crippen LogP contribution in [0.4, 0.5) is 0 Å². The number of fused-ring (bicyclic) bond motifs is 1. The Morgan fingerprint density at radius 3 is 2.53 bits per heavy atom. The van der Waals surface area contributed by atoms with Crippen LogP contribution in [0.2, 0.25) is 0 Å². The Bertz CT molecular complexity index is 385. The molecule has 6 nitrogen and oxygen atoms in total. The van der Waals surface area contributed by atoms with Gasteiger partial charge in [0.05, 0.1) is 12.2 Å². The van der Waals surface area contributed by atoms with E-state index in [9.17, 15) is 4.79 Å². The number of aromatic nitrogens is 3. The monoisotopic (exact) mass is 239 g/mol. The van der Waals surface area contributed by atoms with Gasteiger partial charge in [0.15, 0.2) is 5.69 Å². The smallest absolute Gasteiger partial charge is 0.275 e. The number of likely N-dealkylation sites (N-methyl/N-ethyl adjacent to an activating group) is 1. The molecule has 0 saturated heterocycles. The van der Waals surface area contributed by atoms with Crippen LogP contribution < -0.4 is 0 Å². The summed E-state index contributed by atoms with van der Waals surface area (Å²) in [6.45, 7) is 6.49. The van der Waals surface area contributed by atoms with Gasteiger partial charge < -0.3 is 4.90 Å². The number of amides is 1. The molecule has 0 bridgehead atoms. The first-order chi connectivity index (χ1) is 8.09. The van der Waals surface area contributed by atoms with Crippen molar-refractivity contribution in [1.29, 1.82) is 0 Å². The van der Waals surface area contributed by atoms with Crippen molar-refractivity contribution in [3.63, 3.8) is 0 Å². The third kappa shape index (κ3) is 2.82. The Balaban J connectivity index is 0.000000686. The molecule has 96 valence electrons. The quantitative estimate of drug-likeness (QED) is 0.714. The van der Waals surface area contributed by atoms with E-state index < -0.39 is 0 Å². The Labute approximate surface area is 102 Å². The van der Waals surface area contributed by atoms with Gasteiger partial charge in [0.1, 0.15) is 0 Å². The molecular weight excluding hydrogens is 218 g/mol. The number of nitrogens with zero attached hydrogens (tertiary/aromatic N) is 5. The van der Waals surface area contributed by atoms with E-state index in [-0.39, 0.29) is 5.91 Å². The van der Waals surface area contributed by atoms with Crippen molar-refractivity contribution in [2.75, 3.05) is 27.7 Å². The Hall–Kier alpha value is -1.43. The fourth-order valence-electron chi connectivity index (χ4n) is 1.65. The molecule has 0 aliphatic carbocycles. The maximum atomic E-state index is 11.8. The molecule has 17 heavy (non-hydrogen) atoms. The third-order valence-electron chi connectivity index (χ3n) is 2.56. The molecule has 1 aromatic rings. The first-order valence-corrected chi connectivity index (χ1v) is 5.92. The second-order valence-corrected chi connectivity index (χ2v) is 4.05. The van der Waals surface area contributed by atoms with Gasteiger partial charge in [-0.25, -0.2) is 4.68 Å². The predicted molar refractivity (Wildman–Crippen MR) is 65.7 cm³/mol. The van der Waals surface area contributed by atoms with Crippen molar-refractivity contribution >= 4 is 5.91 Å². The minimum atomic E-state index is -0.0773. The van der Waals surface area contributed by atoms with Crippen molar-refractivity contribution in [3.8, 4) is 0 Å². The van der Waals surface area contributed by atoms with Crippen LogP contribution in [0.1, 0.15) is 30.0 Å². The lowest BCUT2D eigenvalue weighted by atomic mass is 10.2. The molecule has 2 heterocycles. The van der Waals surface area contributed by atoms with E-state index >= 15 is 0 Å². The van der Waals surface area contributed by atoms with E-state index in [0.29, 0.717) is 5.69 Å². The molecule has 0 N–H and O–H groups in total. The summed E-state index contributed by atoms with van der Waals surface area (Å²) < 4.78 is 1.82. The van der Waals surface area contributed by atoms with Crippen LogP contribution in [0.3, 0.4) is 0 Å². The van der Waals surface area contributed by atoms with Crippen LogP contribution >= 0.6 is 0 Å². The SMILES string of the molecule is CC.CN1CCn2nnc(C(=O)N(C)C)c2C1. The highest BCUT2D eigenvalue weighted by Crippen LogP contribution is 2.13. The highest BCUT2D eigenvalue weighted by Gasteiger charge is 2.24. The molecule has 6 heteroatoms. The van der Waals surface area contributed by atoms with Gasteiger partial charge in [-0.3, -0.25) is 9.69 Å². The summed E-state index contributed by atoms with van der Waals surface area (Å²) in [5.41, 5.74) is 1.40. The van der Waals surface area contributed by atoms with E-state index in [0.717, 1.165) is 25.3 Å². The molecular formula is C11H21N5O. The minimum absolute atomic E-state index is 0.0773. The number of hydrogen-bond acceptors (Lipinski definition) is 4. The Morgan fingerprint density at radius 2 is 1.94 bits per heavy atom. The number of carbonyl (C=O) groups excluding carboxylic acids is 1. The average molecular weight is 239 g/mol. The van der Waals surface area contributed by atoms with Crippen molar-refractivity contribution in [3.05, 3.63) is 11.4 Å². The molecule has 0 atom stereocenters. The number of rotatable bonds is 1. The molecule has 2 rings (SSSR count). The lowest BCUT2D eigenvalue weighted by Gasteiger charge is -2.23. The molecule has 1 aromatic heterocycles. The number of carbonyl (C=O) groups is 1. The first-order valence-electron chi connectivity index (χ1n) is 5.92. The Morgan fingerprint density at radius 1 is 1.29 bits per heavy atom. The maximum absolute atomic E-state index is 11.8. The van der Waals surface area contributed by atoms with Gasteiger partial charge >= 0.3 is 0 Å². The van der Waals surface area contributed by atoms with Crippen LogP contribution in [-0.4, -0.2) is 58.4 Å². The van der Waals surface area contributed by atoms with E-state index in [1.165, 1.54) is 4.90 Å².